The summed E-state index contributed by atoms with van der Waals surface area (Å²) in [6.07, 6.45) is 6.22. The lowest BCUT2D eigenvalue weighted by Crippen LogP contribution is -2.34. The number of nitrogens with zero attached hydrogens (tertiary/aromatic N) is 3. The van der Waals surface area contributed by atoms with Gasteiger partial charge in [-0.1, -0.05) is 19.3 Å². The molecule has 94 valence electrons. The number of hydrogen-bond acceptors (Lipinski definition) is 3. The fourth-order valence-corrected chi connectivity index (χ4v) is 2.40. The third kappa shape index (κ3) is 2.85. The number of aryl methyl sites for hydroxylation is 2. The van der Waals surface area contributed by atoms with Gasteiger partial charge in [0, 0.05) is 7.05 Å². The smallest absolute Gasteiger partial charge is 0.161 e. The highest BCUT2D eigenvalue weighted by molar-refractivity contribution is 5.97. The van der Waals surface area contributed by atoms with E-state index >= 15 is 0 Å². The second kappa shape index (κ2) is 5.31. The molecule has 0 aromatic carbocycles. The maximum Gasteiger partial charge on any atom is 0.161 e. The highest BCUT2D eigenvalue weighted by Gasteiger charge is 2.15. The van der Waals surface area contributed by atoms with Crippen LogP contribution in [0.25, 0.3) is 0 Å². The van der Waals surface area contributed by atoms with Crippen LogP contribution in [0.15, 0.2) is 11.1 Å². The molecular formula is C12H21N5. The van der Waals surface area contributed by atoms with Crippen LogP contribution in [0.3, 0.4) is 0 Å². The van der Waals surface area contributed by atoms with Gasteiger partial charge in [0.15, 0.2) is 5.84 Å². The summed E-state index contributed by atoms with van der Waals surface area (Å²) in [4.78, 5) is 4.72. The molecule has 1 heterocycles. The van der Waals surface area contributed by atoms with Gasteiger partial charge >= 0.3 is 0 Å². The maximum atomic E-state index is 5.58. The van der Waals surface area contributed by atoms with Gasteiger partial charge in [-0.25, -0.2) is 5.84 Å². The van der Waals surface area contributed by atoms with Crippen molar-refractivity contribution in [3.05, 3.63) is 17.5 Å². The Morgan fingerprint density at radius 3 is 2.71 bits per heavy atom. The third-order valence-corrected chi connectivity index (χ3v) is 3.27. The van der Waals surface area contributed by atoms with Crippen molar-refractivity contribution in [2.45, 2.75) is 45.1 Å². The first-order chi connectivity index (χ1) is 8.20. The summed E-state index contributed by atoms with van der Waals surface area (Å²) in [6, 6.07) is 2.41. The summed E-state index contributed by atoms with van der Waals surface area (Å²) < 4.78 is 1.82. The third-order valence-electron chi connectivity index (χ3n) is 3.27. The maximum absolute atomic E-state index is 5.58. The Labute approximate surface area is 102 Å². The predicted molar refractivity (Wildman–Crippen MR) is 68.7 cm³/mol. The number of nitrogens with one attached hydrogen (secondary N) is 1. The molecule has 0 saturated heterocycles. The molecule has 1 saturated carbocycles. The fourth-order valence-electron chi connectivity index (χ4n) is 2.40. The molecule has 2 rings (SSSR count). The number of aromatic nitrogens is 2. The SMILES string of the molecule is Cc1cc(C(=NC2CCCCC2)NN)n(C)n1. The molecule has 1 fully saturated rings. The summed E-state index contributed by atoms with van der Waals surface area (Å²) >= 11 is 0. The van der Waals surface area contributed by atoms with E-state index in [2.05, 4.69) is 10.5 Å². The van der Waals surface area contributed by atoms with Gasteiger partial charge in [-0.05, 0) is 25.8 Å². The first-order valence-corrected chi connectivity index (χ1v) is 6.26. The molecule has 1 aromatic rings. The molecule has 0 spiro atoms. The number of amidine groups is 1. The average Bonchev–Trinajstić information content (AvgIpc) is 2.67. The Morgan fingerprint density at radius 2 is 2.18 bits per heavy atom. The molecule has 5 heteroatoms. The van der Waals surface area contributed by atoms with Crippen molar-refractivity contribution in [1.29, 1.82) is 0 Å². The molecule has 0 unspecified atom stereocenters. The monoisotopic (exact) mass is 235 g/mol. The van der Waals surface area contributed by atoms with Crippen molar-refractivity contribution in [3.8, 4) is 0 Å². The Balaban J connectivity index is 2.20. The lowest BCUT2D eigenvalue weighted by Gasteiger charge is -2.19. The number of aliphatic imine (C=N–C) groups is 1. The largest absolute Gasteiger partial charge is 0.307 e. The summed E-state index contributed by atoms with van der Waals surface area (Å²) in [5.74, 6) is 6.33. The highest BCUT2D eigenvalue weighted by Crippen LogP contribution is 2.20. The van der Waals surface area contributed by atoms with Crippen LogP contribution in [0.1, 0.15) is 43.5 Å². The van der Waals surface area contributed by atoms with Gasteiger partial charge in [0.1, 0.15) is 5.69 Å². The molecule has 3 N–H and O–H groups in total. The molecule has 5 nitrogen and oxygen atoms in total. The Morgan fingerprint density at radius 1 is 1.47 bits per heavy atom. The van der Waals surface area contributed by atoms with Crippen molar-refractivity contribution in [2.24, 2.45) is 17.9 Å². The highest BCUT2D eigenvalue weighted by atomic mass is 15.3. The number of rotatable bonds is 2. The topological polar surface area (TPSA) is 68.2 Å². The summed E-state index contributed by atoms with van der Waals surface area (Å²) in [7, 11) is 1.91. The average molecular weight is 235 g/mol. The molecule has 0 bridgehead atoms. The molecule has 0 radical (unpaired) electrons. The van der Waals surface area contributed by atoms with Gasteiger partial charge in [-0.3, -0.25) is 9.67 Å². The van der Waals surface area contributed by atoms with Crippen molar-refractivity contribution in [1.82, 2.24) is 15.2 Å². The first kappa shape index (κ1) is 12.1. The number of hydrazine groups is 1. The van der Waals surface area contributed by atoms with Gasteiger partial charge in [0.05, 0.1) is 11.7 Å². The van der Waals surface area contributed by atoms with Crippen molar-refractivity contribution < 1.29 is 0 Å². The van der Waals surface area contributed by atoms with Crippen LogP contribution in [-0.4, -0.2) is 21.7 Å². The summed E-state index contributed by atoms with van der Waals surface area (Å²) in [5.41, 5.74) is 4.64. The van der Waals surface area contributed by atoms with E-state index in [1.807, 2.05) is 24.7 Å². The van der Waals surface area contributed by atoms with Crippen LogP contribution < -0.4 is 11.3 Å². The van der Waals surface area contributed by atoms with Crippen LogP contribution in [-0.2, 0) is 7.05 Å². The minimum atomic E-state index is 0.407. The van der Waals surface area contributed by atoms with Gasteiger partial charge in [-0.2, -0.15) is 5.10 Å². The van der Waals surface area contributed by atoms with E-state index in [4.69, 9.17) is 10.8 Å². The molecule has 0 aliphatic heterocycles. The predicted octanol–water partition coefficient (Wildman–Crippen LogP) is 1.27. The molecule has 1 aliphatic carbocycles. The Kier molecular flexibility index (Phi) is 3.78. The van der Waals surface area contributed by atoms with Gasteiger partial charge in [0.2, 0.25) is 0 Å². The number of nitrogens with two attached hydrogens (primary N) is 1. The van der Waals surface area contributed by atoms with E-state index in [1.54, 1.807) is 0 Å². The van der Waals surface area contributed by atoms with Crippen molar-refractivity contribution in [3.63, 3.8) is 0 Å². The Hall–Kier alpha value is -1.36. The lowest BCUT2D eigenvalue weighted by molar-refractivity contribution is 0.442. The van der Waals surface area contributed by atoms with E-state index in [0.717, 1.165) is 17.2 Å². The number of hydrogen-bond donors (Lipinski definition) is 2. The van der Waals surface area contributed by atoms with Gasteiger partial charge < -0.3 is 5.43 Å². The zero-order valence-electron chi connectivity index (χ0n) is 10.6. The lowest BCUT2D eigenvalue weighted by atomic mass is 9.96. The van der Waals surface area contributed by atoms with Crippen LogP contribution in [0, 0.1) is 6.92 Å². The Bertz CT molecular complexity index is 401. The molecule has 1 aromatic heterocycles. The van der Waals surface area contributed by atoms with Crippen molar-refractivity contribution in [2.75, 3.05) is 0 Å². The minimum Gasteiger partial charge on any atom is -0.307 e. The van der Waals surface area contributed by atoms with Crippen LogP contribution in [0.4, 0.5) is 0 Å². The minimum absolute atomic E-state index is 0.407. The first-order valence-electron chi connectivity index (χ1n) is 6.26. The van der Waals surface area contributed by atoms with Gasteiger partial charge in [-0.15, -0.1) is 0 Å². The van der Waals surface area contributed by atoms with Crippen LogP contribution in [0.5, 0.6) is 0 Å². The zero-order valence-corrected chi connectivity index (χ0v) is 10.6. The molecule has 0 atom stereocenters. The van der Waals surface area contributed by atoms with E-state index < -0.39 is 0 Å². The normalized spacial score (nSPS) is 18.4. The van der Waals surface area contributed by atoms with Crippen LogP contribution >= 0.6 is 0 Å². The van der Waals surface area contributed by atoms with Crippen LogP contribution in [0.2, 0.25) is 0 Å². The van der Waals surface area contributed by atoms with E-state index in [-0.39, 0.29) is 0 Å². The van der Waals surface area contributed by atoms with Crippen molar-refractivity contribution >= 4 is 5.84 Å². The second-order valence-electron chi connectivity index (χ2n) is 4.71. The molecular weight excluding hydrogens is 214 g/mol. The standard InChI is InChI=1S/C12H21N5/c1-9-8-11(17(2)16-9)12(15-13)14-10-6-4-3-5-7-10/h8,10H,3-7,13H2,1-2H3,(H,14,15). The zero-order chi connectivity index (χ0) is 12.3. The van der Waals surface area contributed by atoms with Gasteiger partial charge in [0.25, 0.3) is 0 Å². The van der Waals surface area contributed by atoms with E-state index in [9.17, 15) is 0 Å². The fraction of sp³-hybridized carbons (Fsp3) is 0.667. The quantitative estimate of drug-likeness (QED) is 0.351. The molecule has 0 amide bonds. The summed E-state index contributed by atoms with van der Waals surface area (Å²) in [6.45, 7) is 1.97. The van der Waals surface area contributed by atoms with E-state index in [0.29, 0.717) is 6.04 Å². The molecule has 1 aliphatic rings. The second-order valence-corrected chi connectivity index (χ2v) is 4.71. The van der Waals surface area contributed by atoms with E-state index in [1.165, 1.54) is 32.1 Å². The summed E-state index contributed by atoms with van der Waals surface area (Å²) in [5, 5.41) is 4.31. The molecule has 17 heavy (non-hydrogen) atoms.